The second-order valence-corrected chi connectivity index (χ2v) is 4.26. The average Bonchev–Trinajstić information content (AvgIpc) is 2.76. The van der Waals surface area contributed by atoms with E-state index in [1.807, 2.05) is 18.3 Å². The highest BCUT2D eigenvalue weighted by Crippen LogP contribution is 2.35. The van der Waals surface area contributed by atoms with Crippen LogP contribution in [0.3, 0.4) is 0 Å². The highest BCUT2D eigenvalue weighted by Gasteiger charge is 2.23. The normalized spacial score (nSPS) is 17.9. The number of nitrogens with one attached hydrogen (secondary N) is 1. The Kier molecular flexibility index (Phi) is 2.13. The van der Waals surface area contributed by atoms with Crippen LogP contribution in [0.15, 0.2) is 42.6 Å². The van der Waals surface area contributed by atoms with Gasteiger partial charge in [0.2, 0.25) is 0 Å². The van der Waals surface area contributed by atoms with E-state index in [0.717, 1.165) is 12.1 Å². The molecular formula is C14H14N2. The quantitative estimate of drug-likeness (QED) is 0.782. The van der Waals surface area contributed by atoms with E-state index in [1.54, 1.807) is 0 Å². The van der Waals surface area contributed by atoms with Gasteiger partial charge in [0.05, 0.1) is 11.7 Å². The third-order valence-corrected chi connectivity index (χ3v) is 3.15. The molecule has 0 aliphatic carbocycles. The van der Waals surface area contributed by atoms with Crippen molar-refractivity contribution in [3.8, 4) is 0 Å². The molecule has 1 atom stereocenters. The Hall–Kier alpha value is -1.83. The fraction of sp³-hybridized carbons (Fsp3) is 0.214. The molecule has 0 saturated carbocycles. The first kappa shape index (κ1) is 9.40. The number of nitrogens with zero attached hydrogens (tertiary/aromatic N) is 1. The lowest BCUT2D eigenvalue weighted by Gasteiger charge is -2.10. The van der Waals surface area contributed by atoms with E-state index < -0.39 is 0 Å². The minimum Gasteiger partial charge on any atom is -0.376 e. The van der Waals surface area contributed by atoms with Crippen molar-refractivity contribution >= 4 is 5.69 Å². The number of anilines is 1. The van der Waals surface area contributed by atoms with Crippen LogP contribution in [0, 0.1) is 6.92 Å². The Morgan fingerprint density at radius 1 is 1.19 bits per heavy atom. The van der Waals surface area contributed by atoms with E-state index in [4.69, 9.17) is 0 Å². The van der Waals surface area contributed by atoms with Crippen LogP contribution < -0.4 is 5.32 Å². The molecule has 1 aliphatic rings. The molecule has 1 aromatic carbocycles. The zero-order chi connectivity index (χ0) is 11.0. The monoisotopic (exact) mass is 210 g/mol. The number of pyridine rings is 1. The van der Waals surface area contributed by atoms with Crippen LogP contribution in [0.2, 0.25) is 0 Å². The molecule has 0 amide bonds. The lowest BCUT2D eigenvalue weighted by molar-refractivity contribution is 0.788. The van der Waals surface area contributed by atoms with Crippen molar-refractivity contribution in [1.29, 1.82) is 0 Å². The van der Waals surface area contributed by atoms with Crippen LogP contribution >= 0.6 is 0 Å². The van der Waals surface area contributed by atoms with Gasteiger partial charge < -0.3 is 5.32 Å². The minimum atomic E-state index is 0.331. The van der Waals surface area contributed by atoms with Gasteiger partial charge in [0.25, 0.3) is 0 Å². The number of fused-ring (bicyclic) bond motifs is 1. The summed E-state index contributed by atoms with van der Waals surface area (Å²) in [6, 6.07) is 12.9. The highest BCUT2D eigenvalue weighted by atomic mass is 15.0. The van der Waals surface area contributed by atoms with E-state index in [-0.39, 0.29) is 0 Å². The maximum Gasteiger partial charge on any atom is 0.0726 e. The first-order chi connectivity index (χ1) is 7.84. The Balaban J connectivity index is 1.94. The second-order valence-electron chi connectivity index (χ2n) is 4.26. The Morgan fingerprint density at radius 3 is 2.88 bits per heavy atom. The summed E-state index contributed by atoms with van der Waals surface area (Å²) in [5.74, 6) is 0. The van der Waals surface area contributed by atoms with Gasteiger partial charge in [0, 0.05) is 18.3 Å². The third-order valence-electron chi connectivity index (χ3n) is 3.15. The zero-order valence-corrected chi connectivity index (χ0v) is 9.27. The molecule has 0 bridgehead atoms. The van der Waals surface area contributed by atoms with Crippen molar-refractivity contribution in [3.05, 3.63) is 59.4 Å². The van der Waals surface area contributed by atoms with E-state index in [9.17, 15) is 0 Å². The summed E-state index contributed by atoms with van der Waals surface area (Å²) in [6.07, 6.45) is 2.89. The molecule has 2 heterocycles. The summed E-state index contributed by atoms with van der Waals surface area (Å²) < 4.78 is 0. The maximum absolute atomic E-state index is 4.41. The van der Waals surface area contributed by atoms with Gasteiger partial charge in [-0.25, -0.2) is 0 Å². The van der Waals surface area contributed by atoms with Gasteiger partial charge in [-0.3, -0.25) is 4.98 Å². The van der Waals surface area contributed by atoms with Crippen molar-refractivity contribution in [2.24, 2.45) is 0 Å². The SMILES string of the molecule is Cc1cccc2c1NC(c1ccccn1)C2. The Bertz CT molecular complexity index is 505. The molecule has 0 fully saturated rings. The maximum atomic E-state index is 4.41. The second kappa shape index (κ2) is 3.63. The molecule has 2 aromatic rings. The molecule has 80 valence electrons. The molecule has 0 saturated heterocycles. The smallest absolute Gasteiger partial charge is 0.0726 e. The minimum absolute atomic E-state index is 0.331. The zero-order valence-electron chi connectivity index (χ0n) is 9.27. The van der Waals surface area contributed by atoms with Gasteiger partial charge in [0.1, 0.15) is 0 Å². The van der Waals surface area contributed by atoms with Crippen molar-refractivity contribution in [2.45, 2.75) is 19.4 Å². The predicted octanol–water partition coefficient (Wildman–Crippen LogP) is 3.10. The summed E-state index contributed by atoms with van der Waals surface area (Å²) in [5.41, 5.74) is 5.13. The Labute approximate surface area is 95.3 Å². The van der Waals surface area contributed by atoms with Gasteiger partial charge in [0.15, 0.2) is 0 Å². The molecule has 0 spiro atoms. The van der Waals surface area contributed by atoms with Gasteiger partial charge >= 0.3 is 0 Å². The molecule has 1 aromatic heterocycles. The molecule has 1 aliphatic heterocycles. The highest BCUT2D eigenvalue weighted by molar-refractivity contribution is 5.62. The summed E-state index contributed by atoms with van der Waals surface area (Å²) in [4.78, 5) is 4.41. The van der Waals surface area contributed by atoms with E-state index in [1.165, 1.54) is 16.8 Å². The molecule has 1 unspecified atom stereocenters. The van der Waals surface area contributed by atoms with Crippen LogP contribution in [0.4, 0.5) is 5.69 Å². The summed E-state index contributed by atoms with van der Waals surface area (Å²) in [7, 11) is 0. The molecular weight excluding hydrogens is 196 g/mol. The number of aryl methyl sites for hydroxylation is 1. The van der Waals surface area contributed by atoms with Crippen LogP contribution in [0.25, 0.3) is 0 Å². The number of para-hydroxylation sites is 1. The van der Waals surface area contributed by atoms with Crippen molar-refractivity contribution in [3.63, 3.8) is 0 Å². The van der Waals surface area contributed by atoms with Crippen LogP contribution in [-0.2, 0) is 6.42 Å². The van der Waals surface area contributed by atoms with Gasteiger partial charge in [-0.15, -0.1) is 0 Å². The summed E-state index contributed by atoms with van der Waals surface area (Å²) in [5, 5.41) is 3.56. The van der Waals surface area contributed by atoms with Crippen LogP contribution in [-0.4, -0.2) is 4.98 Å². The van der Waals surface area contributed by atoms with Crippen molar-refractivity contribution in [1.82, 2.24) is 4.98 Å². The van der Waals surface area contributed by atoms with Gasteiger partial charge in [-0.1, -0.05) is 24.3 Å². The van der Waals surface area contributed by atoms with Gasteiger partial charge in [-0.05, 0) is 30.2 Å². The molecule has 0 radical (unpaired) electrons. The average molecular weight is 210 g/mol. The first-order valence-electron chi connectivity index (χ1n) is 5.60. The fourth-order valence-electron chi connectivity index (χ4n) is 2.31. The number of rotatable bonds is 1. The lowest BCUT2D eigenvalue weighted by Crippen LogP contribution is -2.07. The van der Waals surface area contributed by atoms with E-state index in [0.29, 0.717) is 6.04 Å². The first-order valence-corrected chi connectivity index (χ1v) is 5.60. The van der Waals surface area contributed by atoms with Crippen LogP contribution in [0.5, 0.6) is 0 Å². The number of benzene rings is 1. The fourth-order valence-corrected chi connectivity index (χ4v) is 2.31. The predicted molar refractivity (Wildman–Crippen MR) is 65.5 cm³/mol. The van der Waals surface area contributed by atoms with E-state index in [2.05, 4.69) is 41.5 Å². The third kappa shape index (κ3) is 1.47. The number of hydrogen-bond acceptors (Lipinski definition) is 2. The molecule has 3 rings (SSSR count). The molecule has 16 heavy (non-hydrogen) atoms. The molecule has 2 heteroatoms. The number of hydrogen-bond donors (Lipinski definition) is 1. The van der Waals surface area contributed by atoms with Crippen LogP contribution in [0.1, 0.15) is 22.9 Å². The van der Waals surface area contributed by atoms with Gasteiger partial charge in [-0.2, -0.15) is 0 Å². The summed E-state index contributed by atoms with van der Waals surface area (Å²) >= 11 is 0. The summed E-state index contributed by atoms with van der Waals surface area (Å²) in [6.45, 7) is 2.15. The standard InChI is InChI=1S/C14H14N2/c1-10-5-4-6-11-9-13(16-14(10)11)12-7-2-3-8-15-12/h2-8,13,16H,9H2,1H3. The largest absolute Gasteiger partial charge is 0.376 e. The molecule has 2 nitrogen and oxygen atoms in total. The van der Waals surface area contributed by atoms with E-state index >= 15 is 0 Å². The van der Waals surface area contributed by atoms with Crippen molar-refractivity contribution < 1.29 is 0 Å². The molecule has 1 N–H and O–H groups in total. The number of aromatic nitrogens is 1. The van der Waals surface area contributed by atoms with Crippen molar-refractivity contribution in [2.75, 3.05) is 5.32 Å². The Morgan fingerprint density at radius 2 is 2.12 bits per heavy atom. The topological polar surface area (TPSA) is 24.9 Å². The lowest BCUT2D eigenvalue weighted by atomic mass is 10.1.